The van der Waals surface area contributed by atoms with Crippen molar-refractivity contribution >= 4 is 17.8 Å². The Kier molecular flexibility index (Phi) is 5.71. The van der Waals surface area contributed by atoms with Crippen LogP contribution in [0.5, 0.6) is 0 Å². The zero-order chi connectivity index (χ0) is 15.1. The largest absolute Gasteiger partial charge is 0.481 e. The quantitative estimate of drug-likeness (QED) is 0.758. The number of carboxylic acids is 1. The Labute approximate surface area is 116 Å². The van der Waals surface area contributed by atoms with E-state index in [0.29, 0.717) is 5.56 Å². The predicted octanol–water partition coefficient (Wildman–Crippen LogP) is 0.995. The number of aryl methyl sites for hydroxylation is 1. The summed E-state index contributed by atoms with van der Waals surface area (Å²) in [5.41, 5.74) is 1.36. The van der Waals surface area contributed by atoms with Crippen LogP contribution in [-0.2, 0) is 20.7 Å². The Hall–Kier alpha value is -2.37. The Bertz CT molecular complexity index is 512. The molecular weight excluding hydrogens is 262 g/mol. The smallest absolute Gasteiger partial charge is 0.328 e. The fraction of sp³-hybridized carbons (Fsp3) is 0.357. The van der Waals surface area contributed by atoms with Gasteiger partial charge in [0.15, 0.2) is 0 Å². The first-order valence-corrected chi connectivity index (χ1v) is 6.17. The number of aliphatic carboxylic acids is 1. The van der Waals surface area contributed by atoms with Crippen molar-refractivity contribution in [3.8, 4) is 0 Å². The topological polar surface area (TPSA) is 92.7 Å². The molecule has 0 saturated carbocycles. The molecule has 0 fully saturated rings. The molecule has 0 heterocycles. The molecule has 0 aliphatic rings. The van der Waals surface area contributed by atoms with Crippen molar-refractivity contribution in [2.24, 2.45) is 0 Å². The van der Waals surface area contributed by atoms with Crippen LogP contribution in [0.25, 0.3) is 0 Å². The molecule has 6 heteroatoms. The maximum Gasteiger partial charge on any atom is 0.328 e. The minimum atomic E-state index is -1.20. The summed E-state index contributed by atoms with van der Waals surface area (Å²) in [6.07, 6.45) is 0.253. The lowest BCUT2D eigenvalue weighted by molar-refractivity contribution is -0.147. The predicted molar refractivity (Wildman–Crippen MR) is 71.3 cm³/mol. The lowest BCUT2D eigenvalue weighted by atomic mass is 10.1. The molecule has 1 rings (SSSR count). The molecule has 0 bridgehead atoms. The Morgan fingerprint density at radius 2 is 2.05 bits per heavy atom. The third-order valence-corrected chi connectivity index (χ3v) is 2.77. The van der Waals surface area contributed by atoms with Gasteiger partial charge in [0.25, 0.3) is 5.91 Å². The first-order valence-electron chi connectivity index (χ1n) is 6.17. The second kappa shape index (κ2) is 7.28. The van der Waals surface area contributed by atoms with Gasteiger partial charge in [-0.1, -0.05) is 19.1 Å². The first kappa shape index (κ1) is 15.7. The molecule has 1 aromatic carbocycles. The number of ether oxygens (including phenoxy) is 1. The lowest BCUT2D eigenvalue weighted by Crippen LogP contribution is -2.42. The van der Waals surface area contributed by atoms with Gasteiger partial charge >= 0.3 is 11.9 Å². The van der Waals surface area contributed by atoms with Crippen LogP contribution >= 0.6 is 0 Å². The molecule has 20 heavy (non-hydrogen) atoms. The fourth-order valence-electron chi connectivity index (χ4n) is 1.68. The van der Waals surface area contributed by atoms with Crippen LogP contribution < -0.4 is 5.32 Å². The van der Waals surface area contributed by atoms with E-state index < -0.39 is 30.3 Å². The summed E-state index contributed by atoms with van der Waals surface area (Å²) in [5, 5.41) is 11.1. The van der Waals surface area contributed by atoms with Crippen molar-refractivity contribution < 1.29 is 24.2 Å². The van der Waals surface area contributed by atoms with Crippen molar-refractivity contribution in [3.63, 3.8) is 0 Å². The molecule has 6 nitrogen and oxygen atoms in total. The molecule has 1 amide bonds. The highest BCUT2D eigenvalue weighted by Crippen LogP contribution is 2.07. The molecule has 108 valence electrons. The zero-order valence-electron chi connectivity index (χ0n) is 11.4. The van der Waals surface area contributed by atoms with Crippen LogP contribution in [0.1, 0.15) is 29.3 Å². The molecule has 0 aromatic heterocycles. The van der Waals surface area contributed by atoms with E-state index in [1.165, 1.54) is 0 Å². The van der Waals surface area contributed by atoms with Gasteiger partial charge in [0, 0.05) is 5.56 Å². The molecule has 1 atom stereocenters. The van der Waals surface area contributed by atoms with Gasteiger partial charge in [-0.25, -0.2) is 4.79 Å². The maximum absolute atomic E-state index is 12.0. The Morgan fingerprint density at radius 1 is 1.35 bits per heavy atom. The minimum Gasteiger partial charge on any atom is -0.481 e. The summed E-state index contributed by atoms with van der Waals surface area (Å²) < 4.78 is 4.48. The highest BCUT2D eigenvalue weighted by atomic mass is 16.5. The monoisotopic (exact) mass is 279 g/mol. The molecule has 0 aliphatic carbocycles. The Balaban J connectivity index is 2.84. The van der Waals surface area contributed by atoms with E-state index in [4.69, 9.17) is 5.11 Å². The van der Waals surface area contributed by atoms with E-state index in [2.05, 4.69) is 10.1 Å². The van der Waals surface area contributed by atoms with Gasteiger partial charge in [0.05, 0.1) is 13.5 Å². The number of benzene rings is 1. The molecule has 0 saturated heterocycles. The molecule has 0 unspecified atom stereocenters. The summed E-state index contributed by atoms with van der Waals surface area (Å²) >= 11 is 0. The summed E-state index contributed by atoms with van der Waals surface area (Å²) in [6, 6.07) is 5.72. The van der Waals surface area contributed by atoms with E-state index in [1.54, 1.807) is 18.2 Å². The molecule has 0 spiro atoms. The number of carbonyl (C=O) groups excluding carboxylic acids is 2. The number of rotatable bonds is 6. The Morgan fingerprint density at radius 3 is 2.60 bits per heavy atom. The SMILES string of the molecule is CCc1cccc(C(=O)N[C@@H](CC(=O)O)C(=O)OC)c1. The zero-order valence-corrected chi connectivity index (χ0v) is 11.4. The van der Waals surface area contributed by atoms with E-state index in [0.717, 1.165) is 19.1 Å². The molecule has 0 radical (unpaired) electrons. The number of nitrogens with one attached hydrogen (secondary N) is 1. The fourth-order valence-corrected chi connectivity index (χ4v) is 1.68. The van der Waals surface area contributed by atoms with Gasteiger partial charge in [-0.15, -0.1) is 0 Å². The number of amides is 1. The average Bonchev–Trinajstić information content (AvgIpc) is 2.45. The molecule has 0 aliphatic heterocycles. The van der Waals surface area contributed by atoms with Crippen LogP contribution in [0.4, 0.5) is 0 Å². The number of carbonyl (C=O) groups is 3. The van der Waals surface area contributed by atoms with Crippen LogP contribution in [0.15, 0.2) is 24.3 Å². The standard InChI is InChI=1S/C14H17NO5/c1-3-9-5-4-6-10(7-9)13(18)15-11(8-12(16)17)14(19)20-2/h4-7,11H,3,8H2,1-2H3,(H,15,18)(H,16,17)/t11-/m0/s1. The molecule has 1 aromatic rings. The van der Waals surface area contributed by atoms with E-state index >= 15 is 0 Å². The summed E-state index contributed by atoms with van der Waals surface area (Å²) in [4.78, 5) is 34.1. The normalized spacial score (nSPS) is 11.5. The van der Waals surface area contributed by atoms with Crippen LogP contribution in [0.2, 0.25) is 0 Å². The second-order valence-corrected chi connectivity index (χ2v) is 4.20. The second-order valence-electron chi connectivity index (χ2n) is 4.20. The number of hydrogen-bond acceptors (Lipinski definition) is 4. The number of carboxylic acid groups (broad SMARTS) is 1. The lowest BCUT2D eigenvalue weighted by Gasteiger charge is -2.14. The molecule has 2 N–H and O–H groups in total. The van der Waals surface area contributed by atoms with Gasteiger partial charge in [0.2, 0.25) is 0 Å². The van der Waals surface area contributed by atoms with Crippen LogP contribution in [0.3, 0.4) is 0 Å². The van der Waals surface area contributed by atoms with Crippen molar-refractivity contribution in [1.29, 1.82) is 0 Å². The van der Waals surface area contributed by atoms with Crippen molar-refractivity contribution in [3.05, 3.63) is 35.4 Å². The van der Waals surface area contributed by atoms with Gasteiger partial charge in [-0.05, 0) is 24.1 Å². The third kappa shape index (κ3) is 4.38. The first-order chi connectivity index (χ1) is 9.47. The summed E-state index contributed by atoms with van der Waals surface area (Å²) in [6.45, 7) is 1.96. The van der Waals surface area contributed by atoms with Crippen molar-refractivity contribution in [2.75, 3.05) is 7.11 Å². The highest BCUT2D eigenvalue weighted by Gasteiger charge is 2.24. The van der Waals surface area contributed by atoms with E-state index in [-0.39, 0.29) is 0 Å². The minimum absolute atomic E-state index is 0.378. The summed E-state index contributed by atoms with van der Waals surface area (Å²) in [5.74, 6) is -2.48. The highest BCUT2D eigenvalue weighted by molar-refractivity contribution is 5.97. The van der Waals surface area contributed by atoms with Gasteiger partial charge < -0.3 is 15.2 Å². The van der Waals surface area contributed by atoms with E-state index in [9.17, 15) is 14.4 Å². The van der Waals surface area contributed by atoms with Crippen LogP contribution in [0, 0.1) is 0 Å². The number of hydrogen-bond donors (Lipinski definition) is 2. The average molecular weight is 279 g/mol. The summed E-state index contributed by atoms with van der Waals surface area (Å²) in [7, 11) is 1.14. The van der Waals surface area contributed by atoms with Crippen molar-refractivity contribution in [2.45, 2.75) is 25.8 Å². The van der Waals surface area contributed by atoms with Crippen molar-refractivity contribution in [1.82, 2.24) is 5.32 Å². The third-order valence-electron chi connectivity index (χ3n) is 2.77. The number of methoxy groups -OCH3 is 1. The van der Waals surface area contributed by atoms with Gasteiger partial charge in [-0.2, -0.15) is 0 Å². The maximum atomic E-state index is 12.0. The van der Waals surface area contributed by atoms with Gasteiger partial charge in [-0.3, -0.25) is 9.59 Å². The van der Waals surface area contributed by atoms with E-state index in [1.807, 2.05) is 13.0 Å². The number of esters is 1. The molecular formula is C14H17NO5. The van der Waals surface area contributed by atoms with Gasteiger partial charge in [0.1, 0.15) is 6.04 Å². The van der Waals surface area contributed by atoms with Crippen LogP contribution in [-0.4, -0.2) is 36.1 Å².